The van der Waals surface area contributed by atoms with Crippen LogP contribution >= 0.6 is 0 Å². The summed E-state index contributed by atoms with van der Waals surface area (Å²) >= 11 is 0. The summed E-state index contributed by atoms with van der Waals surface area (Å²) in [6, 6.07) is 0. The minimum Gasteiger partial charge on any atom is -0.379 e. The molecule has 0 N–H and O–H groups in total. The first-order chi connectivity index (χ1) is 7.37. The van der Waals surface area contributed by atoms with Crippen molar-refractivity contribution in [2.45, 2.75) is 57.4 Å². The van der Waals surface area contributed by atoms with Crippen LogP contribution in [0.3, 0.4) is 0 Å². The average Bonchev–Trinajstić information content (AvgIpc) is 2.56. The van der Waals surface area contributed by atoms with Gasteiger partial charge >= 0.3 is 0 Å². The average molecular weight is 211 g/mol. The van der Waals surface area contributed by atoms with Crippen molar-refractivity contribution in [2.75, 3.05) is 26.3 Å². The molecule has 1 aliphatic heterocycles. The van der Waals surface area contributed by atoms with Gasteiger partial charge in [-0.05, 0) is 19.3 Å². The predicted molar refractivity (Wildman–Crippen MR) is 63.1 cm³/mol. The highest BCUT2D eigenvalue weighted by atomic mass is 16.5. The standard InChI is InChI=1S/C13H25NO/c1-2-13(7-5-3-4-6-8-13)14-9-11-15-12-10-14/h2-12H2,1H3. The zero-order valence-corrected chi connectivity index (χ0v) is 10.1. The zero-order valence-electron chi connectivity index (χ0n) is 10.1. The van der Waals surface area contributed by atoms with Crippen molar-refractivity contribution in [3.8, 4) is 0 Å². The van der Waals surface area contributed by atoms with E-state index < -0.39 is 0 Å². The smallest absolute Gasteiger partial charge is 0.0594 e. The predicted octanol–water partition coefficient (Wildman–Crippen LogP) is 2.82. The van der Waals surface area contributed by atoms with Crippen molar-refractivity contribution in [2.24, 2.45) is 0 Å². The SMILES string of the molecule is CCC1(N2CCOCC2)CCCCCC1. The van der Waals surface area contributed by atoms with Crippen molar-refractivity contribution in [3.63, 3.8) is 0 Å². The van der Waals surface area contributed by atoms with Gasteiger partial charge in [-0.15, -0.1) is 0 Å². The molecular weight excluding hydrogens is 186 g/mol. The van der Waals surface area contributed by atoms with Crippen LogP contribution in [0.2, 0.25) is 0 Å². The van der Waals surface area contributed by atoms with Crippen LogP contribution in [-0.4, -0.2) is 36.7 Å². The fourth-order valence-electron chi connectivity index (χ4n) is 3.32. The van der Waals surface area contributed by atoms with Crippen molar-refractivity contribution in [1.29, 1.82) is 0 Å². The Labute approximate surface area is 94.0 Å². The molecule has 1 heterocycles. The second-order valence-electron chi connectivity index (χ2n) is 5.09. The number of hydrogen-bond acceptors (Lipinski definition) is 2. The minimum absolute atomic E-state index is 0.528. The van der Waals surface area contributed by atoms with Gasteiger partial charge in [-0.3, -0.25) is 4.90 Å². The van der Waals surface area contributed by atoms with E-state index in [9.17, 15) is 0 Å². The largest absolute Gasteiger partial charge is 0.379 e. The van der Waals surface area contributed by atoms with Gasteiger partial charge in [-0.1, -0.05) is 32.6 Å². The van der Waals surface area contributed by atoms with E-state index in [4.69, 9.17) is 4.74 Å². The molecule has 0 bridgehead atoms. The third-order valence-electron chi connectivity index (χ3n) is 4.37. The van der Waals surface area contributed by atoms with Gasteiger partial charge in [-0.2, -0.15) is 0 Å². The maximum Gasteiger partial charge on any atom is 0.0594 e. The Morgan fingerprint density at radius 1 is 1.00 bits per heavy atom. The zero-order chi connectivity index (χ0) is 10.6. The molecule has 0 radical (unpaired) electrons. The summed E-state index contributed by atoms with van der Waals surface area (Å²) in [6.07, 6.45) is 9.94. The van der Waals surface area contributed by atoms with Crippen LogP contribution in [0, 0.1) is 0 Å². The lowest BCUT2D eigenvalue weighted by Crippen LogP contribution is -2.52. The fraction of sp³-hybridized carbons (Fsp3) is 1.00. The van der Waals surface area contributed by atoms with Crippen LogP contribution < -0.4 is 0 Å². The highest BCUT2D eigenvalue weighted by molar-refractivity contribution is 4.91. The van der Waals surface area contributed by atoms with E-state index in [0.717, 1.165) is 26.3 Å². The van der Waals surface area contributed by atoms with E-state index in [1.165, 1.54) is 44.9 Å². The van der Waals surface area contributed by atoms with Gasteiger partial charge in [0.1, 0.15) is 0 Å². The first-order valence-electron chi connectivity index (χ1n) is 6.70. The van der Waals surface area contributed by atoms with Crippen LogP contribution in [0.4, 0.5) is 0 Å². The van der Waals surface area contributed by atoms with Gasteiger partial charge in [0.25, 0.3) is 0 Å². The lowest BCUT2D eigenvalue weighted by Gasteiger charge is -2.45. The van der Waals surface area contributed by atoms with Crippen LogP contribution in [0.1, 0.15) is 51.9 Å². The van der Waals surface area contributed by atoms with E-state index >= 15 is 0 Å². The van der Waals surface area contributed by atoms with Crippen molar-refractivity contribution < 1.29 is 4.74 Å². The van der Waals surface area contributed by atoms with E-state index in [1.54, 1.807) is 0 Å². The number of nitrogens with zero attached hydrogens (tertiary/aromatic N) is 1. The van der Waals surface area contributed by atoms with E-state index in [-0.39, 0.29) is 0 Å². The number of morpholine rings is 1. The molecule has 2 heteroatoms. The Morgan fingerprint density at radius 3 is 2.13 bits per heavy atom. The fourth-order valence-corrected chi connectivity index (χ4v) is 3.32. The van der Waals surface area contributed by atoms with Gasteiger partial charge in [0.2, 0.25) is 0 Å². The quantitative estimate of drug-likeness (QED) is 0.651. The molecule has 1 aliphatic carbocycles. The maximum atomic E-state index is 5.47. The summed E-state index contributed by atoms with van der Waals surface area (Å²) in [5, 5.41) is 0. The molecule has 0 aromatic heterocycles. The third-order valence-corrected chi connectivity index (χ3v) is 4.37. The molecule has 0 atom stereocenters. The van der Waals surface area contributed by atoms with Crippen LogP contribution in [0.25, 0.3) is 0 Å². The topological polar surface area (TPSA) is 12.5 Å². The summed E-state index contributed by atoms with van der Waals surface area (Å²) in [6.45, 7) is 6.59. The number of ether oxygens (including phenoxy) is 1. The molecule has 2 fully saturated rings. The van der Waals surface area contributed by atoms with E-state index in [1.807, 2.05) is 0 Å². The molecule has 0 aromatic rings. The second kappa shape index (κ2) is 5.31. The van der Waals surface area contributed by atoms with Crippen molar-refractivity contribution in [1.82, 2.24) is 4.90 Å². The molecule has 88 valence electrons. The lowest BCUT2D eigenvalue weighted by atomic mass is 9.85. The molecule has 0 aromatic carbocycles. The normalized spacial score (nSPS) is 28.6. The Hall–Kier alpha value is -0.0800. The second-order valence-corrected chi connectivity index (χ2v) is 5.09. The lowest BCUT2D eigenvalue weighted by molar-refractivity contribution is -0.0308. The van der Waals surface area contributed by atoms with Gasteiger partial charge in [0.05, 0.1) is 13.2 Å². The molecular formula is C13H25NO. The Bertz CT molecular complexity index is 179. The highest BCUT2D eigenvalue weighted by Crippen LogP contribution is 2.35. The third kappa shape index (κ3) is 2.54. The van der Waals surface area contributed by atoms with Crippen molar-refractivity contribution in [3.05, 3.63) is 0 Å². The molecule has 0 amide bonds. The molecule has 2 nitrogen and oxygen atoms in total. The Morgan fingerprint density at radius 2 is 1.60 bits per heavy atom. The van der Waals surface area contributed by atoms with Gasteiger partial charge in [0.15, 0.2) is 0 Å². The van der Waals surface area contributed by atoms with Gasteiger partial charge in [-0.25, -0.2) is 0 Å². The van der Waals surface area contributed by atoms with Crippen molar-refractivity contribution >= 4 is 0 Å². The molecule has 15 heavy (non-hydrogen) atoms. The van der Waals surface area contributed by atoms with E-state index in [0.29, 0.717) is 5.54 Å². The minimum atomic E-state index is 0.528. The molecule has 2 rings (SSSR count). The summed E-state index contributed by atoms with van der Waals surface area (Å²) in [4.78, 5) is 2.72. The summed E-state index contributed by atoms with van der Waals surface area (Å²) in [7, 11) is 0. The highest BCUT2D eigenvalue weighted by Gasteiger charge is 2.35. The van der Waals surface area contributed by atoms with Crippen LogP contribution in [-0.2, 0) is 4.74 Å². The van der Waals surface area contributed by atoms with Crippen LogP contribution in [0.15, 0.2) is 0 Å². The summed E-state index contributed by atoms with van der Waals surface area (Å²) in [5.41, 5.74) is 0.528. The van der Waals surface area contributed by atoms with Gasteiger partial charge in [0, 0.05) is 18.6 Å². The molecule has 0 unspecified atom stereocenters. The maximum absolute atomic E-state index is 5.47. The summed E-state index contributed by atoms with van der Waals surface area (Å²) in [5.74, 6) is 0. The molecule has 1 saturated carbocycles. The Kier molecular flexibility index (Phi) is 4.04. The van der Waals surface area contributed by atoms with E-state index in [2.05, 4.69) is 11.8 Å². The first-order valence-corrected chi connectivity index (χ1v) is 6.70. The molecule has 2 aliphatic rings. The number of hydrogen-bond donors (Lipinski definition) is 0. The molecule has 1 saturated heterocycles. The van der Waals surface area contributed by atoms with Crippen LogP contribution in [0.5, 0.6) is 0 Å². The van der Waals surface area contributed by atoms with Gasteiger partial charge < -0.3 is 4.74 Å². The Balaban J connectivity index is 2.03. The first kappa shape index (κ1) is 11.4. The monoisotopic (exact) mass is 211 g/mol. The number of rotatable bonds is 2. The molecule has 0 spiro atoms. The summed E-state index contributed by atoms with van der Waals surface area (Å²) < 4.78 is 5.47.